The van der Waals surface area contributed by atoms with Gasteiger partial charge in [0.2, 0.25) is 11.8 Å². The van der Waals surface area contributed by atoms with Crippen molar-refractivity contribution >= 4 is 23.2 Å². The highest BCUT2D eigenvalue weighted by Crippen LogP contribution is 2.28. The van der Waals surface area contributed by atoms with E-state index in [-0.39, 0.29) is 18.4 Å². The fourth-order valence-electron chi connectivity index (χ4n) is 2.94. The van der Waals surface area contributed by atoms with E-state index in [0.29, 0.717) is 11.4 Å². The van der Waals surface area contributed by atoms with Crippen LogP contribution < -0.4 is 15.0 Å². The lowest BCUT2D eigenvalue weighted by molar-refractivity contribution is -0.120. The number of nitrogens with zero attached hydrogens (tertiary/aromatic N) is 1. The number of amides is 2. The molecule has 0 saturated heterocycles. The molecule has 0 unspecified atom stereocenters. The van der Waals surface area contributed by atoms with Crippen LogP contribution in [0.3, 0.4) is 0 Å². The highest BCUT2D eigenvalue weighted by atomic mass is 16.5. The smallest absolute Gasteiger partial charge is 0.244 e. The van der Waals surface area contributed by atoms with Gasteiger partial charge in [-0.05, 0) is 36.1 Å². The normalized spacial score (nSPS) is 10.3. The van der Waals surface area contributed by atoms with Crippen LogP contribution in [0.2, 0.25) is 0 Å². The SMILES string of the molecule is CCc1cccc(CC)c1NC(=O)CN(C(C)=O)c1ccccc1OC. The molecule has 0 aliphatic rings. The van der Waals surface area contributed by atoms with Crippen LogP contribution in [0.15, 0.2) is 42.5 Å². The Morgan fingerprint density at radius 3 is 2.15 bits per heavy atom. The third kappa shape index (κ3) is 4.42. The van der Waals surface area contributed by atoms with Crippen LogP contribution >= 0.6 is 0 Å². The number of rotatable bonds is 7. The molecule has 0 saturated carbocycles. The number of methoxy groups -OCH3 is 1. The molecular formula is C21H26N2O3. The topological polar surface area (TPSA) is 58.6 Å². The summed E-state index contributed by atoms with van der Waals surface area (Å²) < 4.78 is 5.32. The molecule has 0 aliphatic heterocycles. The Hall–Kier alpha value is -2.82. The van der Waals surface area contributed by atoms with Gasteiger partial charge in [0, 0.05) is 12.6 Å². The summed E-state index contributed by atoms with van der Waals surface area (Å²) in [6.45, 7) is 5.48. The molecule has 0 aliphatic carbocycles. The number of hydrogen-bond donors (Lipinski definition) is 1. The maximum atomic E-state index is 12.7. The summed E-state index contributed by atoms with van der Waals surface area (Å²) in [5.74, 6) is 0.101. The van der Waals surface area contributed by atoms with Crippen molar-refractivity contribution in [2.45, 2.75) is 33.6 Å². The maximum Gasteiger partial charge on any atom is 0.244 e. The van der Waals surface area contributed by atoms with E-state index in [4.69, 9.17) is 4.74 Å². The minimum absolute atomic E-state index is 0.0725. The van der Waals surface area contributed by atoms with E-state index in [1.807, 2.05) is 30.3 Å². The largest absolute Gasteiger partial charge is 0.495 e. The van der Waals surface area contributed by atoms with Crippen LogP contribution in [0.1, 0.15) is 31.9 Å². The third-order valence-electron chi connectivity index (χ3n) is 4.32. The Bertz CT molecular complexity index is 764. The van der Waals surface area contributed by atoms with Crippen LogP contribution in [0.4, 0.5) is 11.4 Å². The Morgan fingerprint density at radius 2 is 1.62 bits per heavy atom. The van der Waals surface area contributed by atoms with Crippen molar-refractivity contribution < 1.29 is 14.3 Å². The lowest BCUT2D eigenvalue weighted by Crippen LogP contribution is -2.37. The molecule has 2 aromatic carbocycles. The minimum Gasteiger partial charge on any atom is -0.495 e. The molecule has 0 radical (unpaired) electrons. The van der Waals surface area contributed by atoms with E-state index in [9.17, 15) is 9.59 Å². The molecule has 0 spiro atoms. The number of carbonyl (C=O) groups excluding carboxylic acids is 2. The number of carbonyl (C=O) groups is 2. The zero-order valence-electron chi connectivity index (χ0n) is 15.8. The van der Waals surface area contributed by atoms with E-state index in [0.717, 1.165) is 29.7 Å². The van der Waals surface area contributed by atoms with Gasteiger partial charge in [-0.25, -0.2) is 0 Å². The Balaban J connectivity index is 2.26. The van der Waals surface area contributed by atoms with E-state index < -0.39 is 0 Å². The van der Waals surface area contributed by atoms with Crippen molar-refractivity contribution in [2.75, 3.05) is 23.9 Å². The van der Waals surface area contributed by atoms with E-state index in [1.54, 1.807) is 19.2 Å². The number of aryl methyl sites for hydroxylation is 2. The van der Waals surface area contributed by atoms with Gasteiger partial charge in [-0.2, -0.15) is 0 Å². The predicted molar refractivity (Wildman–Crippen MR) is 105 cm³/mol. The van der Waals surface area contributed by atoms with Crippen LogP contribution in [0.25, 0.3) is 0 Å². The van der Waals surface area contributed by atoms with Gasteiger partial charge in [-0.3, -0.25) is 14.5 Å². The summed E-state index contributed by atoms with van der Waals surface area (Å²) in [7, 11) is 1.54. The average Bonchev–Trinajstić information content (AvgIpc) is 2.66. The van der Waals surface area contributed by atoms with Gasteiger partial charge in [0.05, 0.1) is 12.8 Å². The van der Waals surface area contributed by atoms with Crippen LogP contribution in [-0.4, -0.2) is 25.5 Å². The molecule has 1 N–H and O–H groups in total. The van der Waals surface area contributed by atoms with Gasteiger partial charge >= 0.3 is 0 Å². The highest BCUT2D eigenvalue weighted by molar-refractivity contribution is 6.03. The molecule has 0 fully saturated rings. The number of anilines is 2. The van der Waals surface area contributed by atoms with Crippen LogP contribution in [0.5, 0.6) is 5.75 Å². The Labute approximate surface area is 155 Å². The highest BCUT2D eigenvalue weighted by Gasteiger charge is 2.20. The second-order valence-corrected chi connectivity index (χ2v) is 5.98. The quantitative estimate of drug-likeness (QED) is 0.822. The van der Waals surface area contributed by atoms with Crippen molar-refractivity contribution in [1.29, 1.82) is 0 Å². The van der Waals surface area contributed by atoms with Crippen molar-refractivity contribution in [2.24, 2.45) is 0 Å². The third-order valence-corrected chi connectivity index (χ3v) is 4.32. The molecular weight excluding hydrogens is 328 g/mol. The molecule has 2 rings (SSSR count). The second kappa shape index (κ2) is 9.04. The average molecular weight is 354 g/mol. The van der Waals surface area contributed by atoms with E-state index in [1.165, 1.54) is 11.8 Å². The van der Waals surface area contributed by atoms with Crippen LogP contribution in [0, 0.1) is 0 Å². The van der Waals surface area contributed by atoms with E-state index >= 15 is 0 Å². The molecule has 2 amide bonds. The predicted octanol–water partition coefficient (Wildman–Crippen LogP) is 3.81. The number of benzene rings is 2. The van der Waals surface area contributed by atoms with E-state index in [2.05, 4.69) is 19.2 Å². The standard InChI is InChI=1S/C21H26N2O3/c1-5-16-10-9-11-17(6-2)21(16)22-20(25)14-23(15(3)24)18-12-7-8-13-19(18)26-4/h7-13H,5-6,14H2,1-4H3,(H,22,25). The number of ether oxygens (including phenoxy) is 1. The van der Waals surface area contributed by atoms with Crippen molar-refractivity contribution in [3.05, 3.63) is 53.6 Å². The first-order valence-corrected chi connectivity index (χ1v) is 8.83. The second-order valence-electron chi connectivity index (χ2n) is 5.98. The fourth-order valence-corrected chi connectivity index (χ4v) is 2.94. The zero-order chi connectivity index (χ0) is 19.1. The summed E-state index contributed by atoms with van der Waals surface area (Å²) in [4.78, 5) is 26.3. The zero-order valence-corrected chi connectivity index (χ0v) is 15.8. The Morgan fingerprint density at radius 1 is 1.00 bits per heavy atom. The van der Waals surface area contributed by atoms with Crippen LogP contribution in [-0.2, 0) is 22.4 Å². The lowest BCUT2D eigenvalue weighted by Gasteiger charge is -2.23. The number of para-hydroxylation sites is 3. The Kier molecular flexibility index (Phi) is 6.78. The monoisotopic (exact) mass is 354 g/mol. The first-order chi connectivity index (χ1) is 12.5. The summed E-state index contributed by atoms with van der Waals surface area (Å²) in [5, 5.41) is 3.00. The molecule has 0 aromatic heterocycles. The first-order valence-electron chi connectivity index (χ1n) is 8.83. The molecule has 2 aromatic rings. The minimum atomic E-state index is -0.235. The molecule has 0 bridgehead atoms. The number of nitrogens with one attached hydrogen (secondary N) is 1. The van der Waals surface area contributed by atoms with Crippen molar-refractivity contribution in [1.82, 2.24) is 0 Å². The summed E-state index contributed by atoms with van der Waals surface area (Å²) in [5.41, 5.74) is 3.61. The molecule has 0 heterocycles. The number of hydrogen-bond acceptors (Lipinski definition) is 3. The van der Waals surface area contributed by atoms with Gasteiger partial charge in [0.15, 0.2) is 0 Å². The molecule has 5 nitrogen and oxygen atoms in total. The summed E-state index contributed by atoms with van der Waals surface area (Å²) in [6.07, 6.45) is 1.65. The fraction of sp³-hybridized carbons (Fsp3) is 0.333. The van der Waals surface area contributed by atoms with Gasteiger partial charge in [0.25, 0.3) is 0 Å². The van der Waals surface area contributed by atoms with Gasteiger partial charge < -0.3 is 10.1 Å². The molecule has 26 heavy (non-hydrogen) atoms. The van der Waals surface area contributed by atoms with Crippen molar-refractivity contribution in [3.8, 4) is 5.75 Å². The first kappa shape index (κ1) is 19.5. The van der Waals surface area contributed by atoms with Gasteiger partial charge in [0.1, 0.15) is 12.3 Å². The molecule has 5 heteroatoms. The van der Waals surface area contributed by atoms with Gasteiger partial charge in [-0.15, -0.1) is 0 Å². The summed E-state index contributed by atoms with van der Waals surface area (Å²) >= 11 is 0. The summed E-state index contributed by atoms with van der Waals surface area (Å²) in [6, 6.07) is 13.2. The van der Waals surface area contributed by atoms with Gasteiger partial charge in [-0.1, -0.05) is 44.2 Å². The molecule has 0 atom stereocenters. The van der Waals surface area contributed by atoms with Crippen molar-refractivity contribution in [3.63, 3.8) is 0 Å². The maximum absolute atomic E-state index is 12.7. The lowest BCUT2D eigenvalue weighted by atomic mass is 10.0. The molecule has 138 valence electrons.